The van der Waals surface area contributed by atoms with E-state index in [9.17, 15) is 14.4 Å². The molecule has 1 saturated heterocycles. The van der Waals surface area contributed by atoms with Crippen LogP contribution in [0.2, 0.25) is 0 Å². The molecule has 0 aromatic carbocycles. The quantitative estimate of drug-likeness (QED) is 0.565. The minimum Gasteiger partial charge on any atom is -0.465 e. The number of urea groups is 1. The molecule has 7 nitrogen and oxygen atoms in total. The first-order chi connectivity index (χ1) is 9.99. The first kappa shape index (κ1) is 17.0. The Morgan fingerprint density at radius 3 is 2.76 bits per heavy atom. The fraction of sp³-hybridized carbons (Fsp3) is 0.643. The zero-order valence-electron chi connectivity index (χ0n) is 12.4. The molecule has 118 valence electrons. The first-order valence-corrected chi connectivity index (χ1v) is 7.09. The van der Waals surface area contributed by atoms with Crippen LogP contribution in [-0.2, 0) is 14.3 Å². The van der Waals surface area contributed by atoms with E-state index >= 15 is 0 Å². The summed E-state index contributed by atoms with van der Waals surface area (Å²) < 4.78 is 4.86. The topological polar surface area (TPSA) is 92.9 Å². The normalized spacial score (nSPS) is 18.0. The Balaban J connectivity index is 2.68. The third kappa shape index (κ3) is 5.09. The largest absolute Gasteiger partial charge is 0.465 e. The summed E-state index contributed by atoms with van der Waals surface area (Å²) in [5.74, 6) is -0.954. The Hall–Kier alpha value is -2.05. The predicted octanol–water partition coefficient (Wildman–Crippen LogP) is 0.355. The van der Waals surface area contributed by atoms with Gasteiger partial charge >= 0.3 is 12.0 Å². The van der Waals surface area contributed by atoms with Gasteiger partial charge < -0.3 is 20.3 Å². The summed E-state index contributed by atoms with van der Waals surface area (Å²) in [6, 6.07) is -0.520. The van der Waals surface area contributed by atoms with Crippen molar-refractivity contribution in [2.45, 2.75) is 19.8 Å². The van der Waals surface area contributed by atoms with Crippen LogP contribution in [0.15, 0.2) is 12.7 Å². The van der Waals surface area contributed by atoms with Crippen LogP contribution in [0.1, 0.15) is 19.8 Å². The number of hydrogen-bond acceptors (Lipinski definition) is 4. The van der Waals surface area contributed by atoms with E-state index in [0.717, 1.165) is 6.42 Å². The summed E-state index contributed by atoms with van der Waals surface area (Å²) in [5.41, 5.74) is 5.26. The zero-order chi connectivity index (χ0) is 15.8. The molecule has 21 heavy (non-hydrogen) atoms. The van der Waals surface area contributed by atoms with Gasteiger partial charge in [0.25, 0.3) is 0 Å². The number of carbonyl (C=O) groups excluding carboxylic acids is 3. The number of primary amides is 1. The Bertz CT molecular complexity index is 411. The molecule has 7 heteroatoms. The highest BCUT2D eigenvalue weighted by atomic mass is 16.5. The first-order valence-electron chi connectivity index (χ1n) is 7.09. The highest BCUT2D eigenvalue weighted by Gasteiger charge is 2.31. The Labute approximate surface area is 124 Å². The molecule has 1 fully saturated rings. The Kier molecular flexibility index (Phi) is 6.71. The molecule has 1 atom stereocenters. The van der Waals surface area contributed by atoms with Gasteiger partial charge in [0, 0.05) is 19.6 Å². The number of carbonyl (C=O) groups is 3. The van der Waals surface area contributed by atoms with E-state index in [-0.39, 0.29) is 31.5 Å². The molecular formula is C14H23N3O4. The van der Waals surface area contributed by atoms with E-state index in [1.165, 1.54) is 9.80 Å². The third-order valence-electron chi connectivity index (χ3n) is 3.37. The molecular weight excluding hydrogens is 274 g/mol. The molecule has 3 amide bonds. The minimum atomic E-state index is -0.520. The lowest BCUT2D eigenvalue weighted by Gasteiger charge is -2.33. The molecule has 0 aromatic heterocycles. The zero-order valence-corrected chi connectivity index (χ0v) is 12.4. The number of ether oxygens (including phenoxy) is 1. The molecule has 0 aromatic rings. The number of esters is 1. The van der Waals surface area contributed by atoms with Crippen molar-refractivity contribution in [2.75, 3.05) is 32.8 Å². The molecule has 0 aliphatic carbocycles. The van der Waals surface area contributed by atoms with Crippen molar-refractivity contribution in [3.8, 4) is 0 Å². The van der Waals surface area contributed by atoms with Crippen molar-refractivity contribution in [2.24, 2.45) is 11.7 Å². The van der Waals surface area contributed by atoms with Gasteiger partial charge in [0.2, 0.25) is 5.91 Å². The monoisotopic (exact) mass is 297 g/mol. The van der Waals surface area contributed by atoms with Gasteiger partial charge in [0.1, 0.15) is 6.54 Å². The van der Waals surface area contributed by atoms with E-state index in [1.807, 2.05) is 0 Å². The Morgan fingerprint density at radius 1 is 1.48 bits per heavy atom. The maximum atomic E-state index is 12.5. The van der Waals surface area contributed by atoms with Gasteiger partial charge in [-0.2, -0.15) is 0 Å². The number of nitrogens with zero attached hydrogens (tertiary/aromatic N) is 2. The molecule has 1 aliphatic heterocycles. The lowest BCUT2D eigenvalue weighted by Crippen LogP contribution is -2.49. The second kappa shape index (κ2) is 8.28. The minimum absolute atomic E-state index is 0.105. The molecule has 0 radical (unpaired) electrons. The van der Waals surface area contributed by atoms with E-state index < -0.39 is 12.0 Å². The summed E-state index contributed by atoms with van der Waals surface area (Å²) in [6.45, 7) is 6.60. The predicted molar refractivity (Wildman–Crippen MR) is 77.3 cm³/mol. The SMILES string of the molecule is C=CCN(CC(=O)OCC)C(=O)C1CCCN(C(N)=O)C1. The molecule has 1 aliphatic rings. The van der Waals surface area contributed by atoms with E-state index in [1.54, 1.807) is 13.0 Å². The van der Waals surface area contributed by atoms with Crippen LogP contribution < -0.4 is 5.73 Å². The molecule has 1 heterocycles. The van der Waals surface area contributed by atoms with Gasteiger partial charge in [-0.15, -0.1) is 6.58 Å². The van der Waals surface area contributed by atoms with Crippen LogP contribution in [0.4, 0.5) is 4.79 Å². The second-order valence-corrected chi connectivity index (χ2v) is 4.94. The van der Waals surface area contributed by atoms with E-state index in [4.69, 9.17) is 10.5 Å². The van der Waals surface area contributed by atoms with Crippen LogP contribution in [-0.4, -0.2) is 60.5 Å². The summed E-state index contributed by atoms with van der Waals surface area (Å²) in [5, 5.41) is 0. The average Bonchev–Trinajstić information content (AvgIpc) is 2.46. The maximum absolute atomic E-state index is 12.5. The molecule has 2 N–H and O–H groups in total. The number of hydrogen-bond donors (Lipinski definition) is 1. The van der Waals surface area contributed by atoms with Gasteiger partial charge in [-0.25, -0.2) is 4.79 Å². The molecule has 1 unspecified atom stereocenters. The van der Waals surface area contributed by atoms with Gasteiger partial charge in [0.05, 0.1) is 12.5 Å². The molecule has 0 saturated carbocycles. The maximum Gasteiger partial charge on any atom is 0.325 e. The summed E-state index contributed by atoms with van der Waals surface area (Å²) >= 11 is 0. The van der Waals surface area contributed by atoms with Gasteiger partial charge in [-0.1, -0.05) is 6.08 Å². The summed E-state index contributed by atoms with van der Waals surface area (Å²) in [6.07, 6.45) is 2.96. The molecule has 0 bridgehead atoms. The van der Waals surface area contributed by atoms with Crippen molar-refractivity contribution >= 4 is 17.9 Å². The van der Waals surface area contributed by atoms with E-state index in [2.05, 4.69) is 6.58 Å². The summed E-state index contributed by atoms with van der Waals surface area (Å²) in [7, 11) is 0. The van der Waals surface area contributed by atoms with Crippen LogP contribution in [0, 0.1) is 5.92 Å². The van der Waals surface area contributed by atoms with Crippen LogP contribution in [0.25, 0.3) is 0 Å². The van der Waals surface area contributed by atoms with Gasteiger partial charge in [-0.05, 0) is 19.8 Å². The number of rotatable bonds is 6. The van der Waals surface area contributed by atoms with Crippen molar-refractivity contribution in [3.63, 3.8) is 0 Å². The van der Waals surface area contributed by atoms with Crippen LogP contribution in [0.3, 0.4) is 0 Å². The number of amides is 3. The number of piperidine rings is 1. The van der Waals surface area contributed by atoms with Gasteiger partial charge in [-0.3, -0.25) is 9.59 Å². The highest BCUT2D eigenvalue weighted by Crippen LogP contribution is 2.18. The number of likely N-dealkylation sites (tertiary alicyclic amines) is 1. The summed E-state index contributed by atoms with van der Waals surface area (Å²) in [4.78, 5) is 38.1. The fourth-order valence-electron chi connectivity index (χ4n) is 2.39. The van der Waals surface area contributed by atoms with Crippen molar-refractivity contribution in [3.05, 3.63) is 12.7 Å². The van der Waals surface area contributed by atoms with E-state index in [0.29, 0.717) is 19.5 Å². The molecule has 0 spiro atoms. The fourth-order valence-corrected chi connectivity index (χ4v) is 2.39. The van der Waals surface area contributed by atoms with Crippen molar-refractivity contribution < 1.29 is 19.1 Å². The highest BCUT2D eigenvalue weighted by molar-refractivity contribution is 5.84. The van der Waals surface area contributed by atoms with Crippen molar-refractivity contribution in [1.82, 2.24) is 9.80 Å². The molecule has 1 rings (SSSR count). The van der Waals surface area contributed by atoms with Crippen LogP contribution in [0.5, 0.6) is 0 Å². The lowest BCUT2D eigenvalue weighted by molar-refractivity contribution is -0.150. The third-order valence-corrected chi connectivity index (χ3v) is 3.37. The standard InChI is InChI=1S/C14H23N3O4/c1-3-7-16(10-12(18)21-4-2)13(19)11-6-5-8-17(9-11)14(15)20/h3,11H,1,4-10H2,2H3,(H2,15,20). The number of nitrogens with two attached hydrogens (primary N) is 1. The second-order valence-electron chi connectivity index (χ2n) is 4.94. The van der Waals surface area contributed by atoms with Gasteiger partial charge in [0.15, 0.2) is 0 Å². The van der Waals surface area contributed by atoms with Crippen molar-refractivity contribution in [1.29, 1.82) is 0 Å². The van der Waals surface area contributed by atoms with Crippen LogP contribution >= 0.6 is 0 Å². The lowest BCUT2D eigenvalue weighted by atomic mass is 9.96. The smallest absolute Gasteiger partial charge is 0.325 e. The Morgan fingerprint density at radius 2 is 2.19 bits per heavy atom. The average molecular weight is 297 g/mol.